The third-order valence-corrected chi connectivity index (χ3v) is 5.54. The molecule has 0 bridgehead atoms. The lowest BCUT2D eigenvalue weighted by Crippen LogP contribution is -2.33. The number of nitrogens with one attached hydrogen (secondary N) is 1. The number of amides is 2. The molecule has 1 aliphatic rings. The first-order valence-corrected chi connectivity index (χ1v) is 11.1. The first-order valence-electron chi connectivity index (χ1n) is 11.1. The van der Waals surface area contributed by atoms with Gasteiger partial charge in [0.05, 0.1) is 13.0 Å². The molecule has 7 nitrogen and oxygen atoms in total. The molecule has 0 saturated heterocycles. The van der Waals surface area contributed by atoms with Crippen LogP contribution < -0.4 is 19.7 Å². The third-order valence-electron chi connectivity index (χ3n) is 5.54. The lowest BCUT2D eigenvalue weighted by Gasteiger charge is -2.23. The summed E-state index contributed by atoms with van der Waals surface area (Å²) in [6, 6.07) is 21.2. The third kappa shape index (κ3) is 5.94. The van der Waals surface area contributed by atoms with Crippen LogP contribution in [0.1, 0.15) is 22.3 Å². The van der Waals surface area contributed by atoms with Crippen LogP contribution in [0.3, 0.4) is 0 Å². The molecule has 0 spiro atoms. The number of hydrogen-bond acceptors (Lipinski definition) is 5. The van der Waals surface area contributed by atoms with Gasteiger partial charge in [-0.15, -0.1) is 0 Å². The summed E-state index contributed by atoms with van der Waals surface area (Å²) in [5.41, 5.74) is 4.65. The number of methoxy groups -OCH3 is 1. The maximum atomic E-state index is 12.8. The number of fused-ring (bicyclic) bond motifs is 1. The maximum Gasteiger partial charge on any atom is 0.253 e. The topological polar surface area (TPSA) is 77.1 Å². The SMILES string of the molecule is COCC(=O)N(Cc1ccc(C)cc1)c1cccc(CC(=O)NCc2ccc3c(c2)OCO3)c1. The van der Waals surface area contributed by atoms with Crippen molar-refractivity contribution in [2.75, 3.05) is 25.4 Å². The summed E-state index contributed by atoms with van der Waals surface area (Å²) >= 11 is 0. The molecule has 34 heavy (non-hydrogen) atoms. The van der Waals surface area contributed by atoms with Crippen molar-refractivity contribution in [1.82, 2.24) is 5.32 Å². The van der Waals surface area contributed by atoms with Crippen molar-refractivity contribution in [2.45, 2.75) is 26.4 Å². The molecule has 2 amide bonds. The fraction of sp³-hybridized carbons (Fsp3) is 0.259. The van der Waals surface area contributed by atoms with Crippen LogP contribution in [0.15, 0.2) is 66.7 Å². The van der Waals surface area contributed by atoms with Crippen LogP contribution in [0.2, 0.25) is 0 Å². The van der Waals surface area contributed by atoms with Gasteiger partial charge in [-0.2, -0.15) is 0 Å². The van der Waals surface area contributed by atoms with Crippen LogP contribution in [0.4, 0.5) is 5.69 Å². The van der Waals surface area contributed by atoms with Crippen LogP contribution in [-0.4, -0.2) is 32.3 Å². The summed E-state index contributed by atoms with van der Waals surface area (Å²) in [5, 5.41) is 2.94. The summed E-state index contributed by atoms with van der Waals surface area (Å²) in [4.78, 5) is 27.1. The van der Waals surface area contributed by atoms with Crippen molar-refractivity contribution in [3.8, 4) is 11.5 Å². The van der Waals surface area contributed by atoms with Gasteiger partial charge in [0.1, 0.15) is 6.61 Å². The molecular formula is C27H28N2O5. The fourth-order valence-corrected chi connectivity index (χ4v) is 3.73. The zero-order valence-electron chi connectivity index (χ0n) is 19.4. The van der Waals surface area contributed by atoms with Gasteiger partial charge in [-0.05, 0) is 47.9 Å². The van der Waals surface area contributed by atoms with E-state index in [0.717, 1.165) is 27.9 Å². The Morgan fingerprint density at radius 3 is 2.50 bits per heavy atom. The van der Waals surface area contributed by atoms with Crippen LogP contribution >= 0.6 is 0 Å². The number of anilines is 1. The fourth-order valence-electron chi connectivity index (χ4n) is 3.73. The minimum atomic E-state index is -0.146. The van der Waals surface area contributed by atoms with Crippen molar-refractivity contribution in [3.05, 3.63) is 89.0 Å². The number of benzene rings is 3. The van der Waals surface area contributed by atoms with Crippen molar-refractivity contribution in [2.24, 2.45) is 0 Å². The van der Waals surface area contributed by atoms with Gasteiger partial charge >= 0.3 is 0 Å². The van der Waals surface area contributed by atoms with E-state index in [0.29, 0.717) is 24.6 Å². The van der Waals surface area contributed by atoms with E-state index in [1.807, 2.05) is 73.7 Å². The second-order valence-electron chi connectivity index (χ2n) is 8.21. The van der Waals surface area contributed by atoms with Crippen LogP contribution in [-0.2, 0) is 33.8 Å². The van der Waals surface area contributed by atoms with Crippen molar-refractivity contribution < 1.29 is 23.8 Å². The predicted octanol–water partition coefficient (Wildman–Crippen LogP) is 3.76. The van der Waals surface area contributed by atoms with Crippen LogP contribution in [0, 0.1) is 6.92 Å². The van der Waals surface area contributed by atoms with Crippen LogP contribution in [0.5, 0.6) is 11.5 Å². The molecule has 7 heteroatoms. The molecule has 3 aromatic carbocycles. The Morgan fingerprint density at radius 1 is 0.941 bits per heavy atom. The molecule has 0 aromatic heterocycles. The summed E-state index contributed by atoms with van der Waals surface area (Å²) in [7, 11) is 1.50. The molecule has 1 aliphatic heterocycles. The molecule has 0 saturated carbocycles. The van der Waals surface area contributed by atoms with Gasteiger partial charge in [0.15, 0.2) is 11.5 Å². The van der Waals surface area contributed by atoms with Gasteiger partial charge in [-0.1, -0.05) is 48.0 Å². The maximum absolute atomic E-state index is 12.8. The second kappa shape index (κ2) is 10.9. The quantitative estimate of drug-likeness (QED) is 0.526. The normalized spacial score (nSPS) is 11.8. The minimum absolute atomic E-state index is 0.0217. The second-order valence-corrected chi connectivity index (χ2v) is 8.21. The Kier molecular flexibility index (Phi) is 7.44. The van der Waals surface area contributed by atoms with E-state index in [9.17, 15) is 9.59 Å². The zero-order valence-corrected chi connectivity index (χ0v) is 19.4. The van der Waals surface area contributed by atoms with Gasteiger partial charge in [-0.3, -0.25) is 9.59 Å². The standard InChI is InChI=1S/C27H28N2O5/c1-19-6-8-20(9-7-19)16-29(27(31)17-32-2)23-5-3-4-21(12-23)14-26(30)28-15-22-10-11-24-25(13-22)34-18-33-24/h3-13H,14-18H2,1-2H3,(H,28,30). The lowest BCUT2D eigenvalue weighted by atomic mass is 10.1. The Morgan fingerprint density at radius 2 is 1.71 bits per heavy atom. The molecule has 1 N–H and O–H groups in total. The Hall–Kier alpha value is -3.84. The van der Waals surface area contributed by atoms with Crippen molar-refractivity contribution in [3.63, 3.8) is 0 Å². The Labute approximate surface area is 199 Å². The Balaban J connectivity index is 1.42. The van der Waals surface area contributed by atoms with Gasteiger partial charge in [-0.25, -0.2) is 0 Å². The summed E-state index contributed by atoms with van der Waals surface area (Å²) in [5.74, 6) is 1.15. The molecule has 0 radical (unpaired) electrons. The largest absolute Gasteiger partial charge is 0.454 e. The highest BCUT2D eigenvalue weighted by Gasteiger charge is 2.17. The highest BCUT2D eigenvalue weighted by atomic mass is 16.7. The highest BCUT2D eigenvalue weighted by molar-refractivity contribution is 5.94. The van der Waals surface area contributed by atoms with Crippen molar-refractivity contribution in [1.29, 1.82) is 0 Å². The monoisotopic (exact) mass is 460 g/mol. The number of ether oxygens (including phenoxy) is 3. The average molecular weight is 461 g/mol. The Bertz CT molecular complexity index is 1160. The van der Waals surface area contributed by atoms with Gasteiger partial charge in [0, 0.05) is 19.3 Å². The van der Waals surface area contributed by atoms with Gasteiger partial charge < -0.3 is 24.4 Å². The number of carbonyl (C=O) groups is 2. The molecule has 1 heterocycles. The van der Waals surface area contributed by atoms with Gasteiger partial charge in [0.25, 0.3) is 5.91 Å². The van der Waals surface area contributed by atoms with E-state index in [1.54, 1.807) is 4.90 Å². The molecule has 0 unspecified atom stereocenters. The number of nitrogens with zero attached hydrogens (tertiary/aromatic N) is 1. The van der Waals surface area contributed by atoms with Crippen LogP contribution in [0.25, 0.3) is 0 Å². The lowest BCUT2D eigenvalue weighted by molar-refractivity contribution is -0.122. The predicted molar refractivity (Wildman–Crippen MR) is 129 cm³/mol. The number of hydrogen-bond donors (Lipinski definition) is 1. The highest BCUT2D eigenvalue weighted by Crippen LogP contribution is 2.32. The summed E-state index contributed by atoms with van der Waals surface area (Å²) in [6.07, 6.45) is 0.204. The van der Waals surface area contributed by atoms with E-state index in [-0.39, 0.29) is 31.6 Å². The minimum Gasteiger partial charge on any atom is -0.454 e. The summed E-state index contributed by atoms with van der Waals surface area (Å²) in [6.45, 7) is 3.03. The molecule has 3 aromatic rings. The molecular weight excluding hydrogens is 432 g/mol. The van der Waals surface area contributed by atoms with Crippen molar-refractivity contribution >= 4 is 17.5 Å². The van der Waals surface area contributed by atoms with E-state index in [2.05, 4.69) is 5.32 Å². The van der Waals surface area contributed by atoms with E-state index in [1.165, 1.54) is 7.11 Å². The van der Waals surface area contributed by atoms with E-state index < -0.39 is 0 Å². The molecule has 176 valence electrons. The average Bonchev–Trinajstić information content (AvgIpc) is 3.31. The molecule has 0 atom stereocenters. The molecule has 0 fully saturated rings. The van der Waals surface area contributed by atoms with Gasteiger partial charge in [0.2, 0.25) is 12.7 Å². The smallest absolute Gasteiger partial charge is 0.253 e. The first-order chi connectivity index (χ1) is 16.5. The number of carbonyl (C=O) groups excluding carboxylic acids is 2. The number of aryl methyl sites for hydroxylation is 1. The molecule has 0 aliphatic carbocycles. The molecule has 4 rings (SSSR count). The van der Waals surface area contributed by atoms with E-state index >= 15 is 0 Å². The zero-order chi connectivity index (χ0) is 23.9. The summed E-state index contributed by atoms with van der Waals surface area (Å²) < 4.78 is 15.8. The number of rotatable bonds is 9. The first kappa shape index (κ1) is 23.3. The van der Waals surface area contributed by atoms with E-state index in [4.69, 9.17) is 14.2 Å².